The number of carbonyl (C=O) groups is 1. The molecule has 1 aliphatic rings. The van der Waals surface area contributed by atoms with Gasteiger partial charge in [-0.3, -0.25) is 9.36 Å². The maximum Gasteiger partial charge on any atom is 0.450 e. The number of halogens is 6. The highest BCUT2D eigenvalue weighted by Gasteiger charge is 2.39. The van der Waals surface area contributed by atoms with Gasteiger partial charge >= 0.3 is 6.18 Å². The summed E-state index contributed by atoms with van der Waals surface area (Å²) in [5.74, 6) is -7.96. The van der Waals surface area contributed by atoms with Crippen molar-refractivity contribution in [2.75, 3.05) is 12.4 Å². The number of hydrogen-bond donors (Lipinski definition) is 1. The van der Waals surface area contributed by atoms with Gasteiger partial charge in [0, 0.05) is 5.56 Å². The quantitative estimate of drug-likeness (QED) is 0.395. The molecule has 0 saturated heterocycles. The minimum atomic E-state index is -4.86. The first-order valence-corrected chi connectivity index (χ1v) is 9.85. The molecule has 2 unspecified atom stereocenters. The number of rotatable bonds is 5. The highest BCUT2D eigenvalue weighted by atomic mass is 19.4. The van der Waals surface area contributed by atoms with Gasteiger partial charge in [-0.2, -0.15) is 13.2 Å². The Bertz CT molecular complexity index is 1380. The van der Waals surface area contributed by atoms with Crippen molar-refractivity contribution >= 4 is 28.5 Å². The van der Waals surface area contributed by atoms with E-state index >= 15 is 0 Å². The predicted octanol–water partition coefficient (Wildman–Crippen LogP) is 5.06. The summed E-state index contributed by atoms with van der Waals surface area (Å²) >= 11 is 0. The molecule has 1 N–H and O–H groups in total. The summed E-state index contributed by atoms with van der Waals surface area (Å²) in [6.45, 7) is 3.66. The van der Waals surface area contributed by atoms with Crippen molar-refractivity contribution in [2.24, 2.45) is 5.92 Å². The van der Waals surface area contributed by atoms with Gasteiger partial charge < -0.3 is 10.1 Å². The van der Waals surface area contributed by atoms with Crippen LogP contribution in [-0.2, 0) is 15.7 Å². The van der Waals surface area contributed by atoms with E-state index in [1.165, 1.54) is 25.3 Å². The number of ether oxygens (including phenoxy) is 1. The molecule has 35 heavy (non-hydrogen) atoms. The number of carbonyl (C=O) groups excluding carboxylic acids is 1. The van der Waals surface area contributed by atoms with Crippen LogP contribution < -0.4 is 5.32 Å². The second kappa shape index (κ2) is 8.89. The molecule has 1 aliphatic carbocycles. The van der Waals surface area contributed by atoms with Crippen molar-refractivity contribution in [1.29, 1.82) is 0 Å². The number of alkyl halides is 4. The zero-order valence-corrected chi connectivity index (χ0v) is 17.8. The summed E-state index contributed by atoms with van der Waals surface area (Å²) in [5.41, 5.74) is 0.452. The van der Waals surface area contributed by atoms with Gasteiger partial charge in [-0.05, 0) is 30.4 Å². The number of imidazole rings is 1. The number of benzene rings is 1. The zero-order valence-electron chi connectivity index (χ0n) is 17.8. The summed E-state index contributed by atoms with van der Waals surface area (Å²) in [6, 6.07) is 4.22. The van der Waals surface area contributed by atoms with Crippen LogP contribution >= 0.6 is 0 Å². The molecule has 0 bridgehead atoms. The van der Waals surface area contributed by atoms with Gasteiger partial charge in [0.25, 0.3) is 0 Å². The summed E-state index contributed by atoms with van der Waals surface area (Å²) in [6.07, 6.45) is -3.91. The van der Waals surface area contributed by atoms with E-state index in [9.17, 15) is 31.1 Å². The van der Waals surface area contributed by atoms with E-state index in [0.717, 1.165) is 12.4 Å². The Morgan fingerprint density at radius 3 is 2.57 bits per heavy atom. The van der Waals surface area contributed by atoms with Crippen LogP contribution in [0.1, 0.15) is 11.4 Å². The third-order valence-corrected chi connectivity index (χ3v) is 5.12. The number of nitrogens with zero attached hydrogens (tertiary/aromatic N) is 4. The third kappa shape index (κ3) is 4.48. The first-order chi connectivity index (χ1) is 16.5. The highest BCUT2D eigenvalue weighted by Crippen LogP contribution is 2.34. The fraction of sp³-hybridized carbons (Fsp3) is 0.182. The number of hydrogen-bond acceptors (Lipinski definition) is 5. The van der Waals surface area contributed by atoms with Gasteiger partial charge in [0.15, 0.2) is 23.3 Å². The predicted molar refractivity (Wildman–Crippen MR) is 113 cm³/mol. The van der Waals surface area contributed by atoms with E-state index in [1.807, 2.05) is 0 Å². The van der Waals surface area contributed by atoms with Crippen molar-refractivity contribution in [3.05, 3.63) is 72.4 Å². The summed E-state index contributed by atoms with van der Waals surface area (Å²) in [7, 11) is 1.36. The molecular formula is C22H15F6N5O2. The fourth-order valence-electron chi connectivity index (χ4n) is 3.41. The van der Waals surface area contributed by atoms with Gasteiger partial charge in [0.1, 0.15) is 17.8 Å². The van der Waals surface area contributed by atoms with Crippen molar-refractivity contribution in [3.8, 4) is 5.82 Å². The largest absolute Gasteiger partial charge is 0.497 e. The SMILES string of the molecule is C=C(OC)c1ccc2c(c1)nc(C(F)(F)F)n2-c1cnc(NC(=O)C2C(F)=C(F)C=CC2F)cn1. The Labute approximate surface area is 193 Å². The lowest BCUT2D eigenvalue weighted by molar-refractivity contribution is -0.145. The van der Waals surface area contributed by atoms with Gasteiger partial charge in [-0.15, -0.1) is 0 Å². The van der Waals surface area contributed by atoms with Gasteiger partial charge in [-0.1, -0.05) is 6.58 Å². The molecule has 7 nitrogen and oxygen atoms in total. The number of fused-ring (bicyclic) bond motifs is 1. The number of aromatic nitrogens is 4. The fourth-order valence-corrected chi connectivity index (χ4v) is 3.41. The average molecular weight is 495 g/mol. The van der Waals surface area contributed by atoms with Crippen LogP contribution in [0, 0.1) is 5.92 Å². The first kappa shape index (κ1) is 24.0. The van der Waals surface area contributed by atoms with Crippen LogP contribution in [0.5, 0.6) is 0 Å². The van der Waals surface area contributed by atoms with Crippen LogP contribution in [-0.4, -0.2) is 38.7 Å². The Morgan fingerprint density at radius 1 is 1.20 bits per heavy atom. The summed E-state index contributed by atoms with van der Waals surface area (Å²) in [4.78, 5) is 23.6. The van der Waals surface area contributed by atoms with Crippen molar-refractivity contribution in [1.82, 2.24) is 19.5 Å². The number of nitrogens with one attached hydrogen (secondary N) is 1. The lowest BCUT2D eigenvalue weighted by atomic mass is 9.96. The lowest BCUT2D eigenvalue weighted by Gasteiger charge is -2.19. The number of allylic oxidation sites excluding steroid dienone is 3. The molecule has 4 rings (SSSR count). The second-order valence-corrected chi connectivity index (χ2v) is 7.33. The van der Waals surface area contributed by atoms with E-state index in [-0.39, 0.29) is 28.4 Å². The molecule has 0 fully saturated rings. The van der Waals surface area contributed by atoms with E-state index in [4.69, 9.17) is 4.74 Å². The Balaban J connectivity index is 1.68. The van der Waals surface area contributed by atoms with Crippen LogP contribution in [0.15, 0.2) is 61.0 Å². The number of amides is 1. The summed E-state index contributed by atoms with van der Waals surface area (Å²) in [5, 5.41) is 2.08. The van der Waals surface area contributed by atoms with Crippen molar-refractivity contribution in [2.45, 2.75) is 12.3 Å². The number of anilines is 1. The van der Waals surface area contributed by atoms with Gasteiger partial charge in [-0.25, -0.2) is 28.1 Å². The molecular weight excluding hydrogens is 480 g/mol. The van der Waals surface area contributed by atoms with E-state index in [2.05, 4.69) is 26.8 Å². The minimum Gasteiger partial charge on any atom is -0.497 e. The molecule has 1 aromatic carbocycles. The minimum absolute atomic E-state index is 0.0177. The molecule has 0 saturated carbocycles. The highest BCUT2D eigenvalue weighted by molar-refractivity contribution is 5.94. The average Bonchev–Trinajstić information content (AvgIpc) is 3.21. The maximum absolute atomic E-state index is 13.9. The van der Waals surface area contributed by atoms with E-state index in [1.54, 1.807) is 0 Å². The first-order valence-electron chi connectivity index (χ1n) is 9.85. The lowest BCUT2D eigenvalue weighted by Crippen LogP contribution is -2.32. The standard InChI is InChI=1S/C22H15F6N5O2/c1-10(35-2)11-3-6-15-14(7-11)31-21(22(26,27)28)33(15)17-9-29-16(8-30-17)32-20(34)18-12(23)4-5-13(24)19(18)25/h3-9,12,18H,1H2,2H3,(H,29,32,34). The van der Waals surface area contributed by atoms with Crippen LogP contribution in [0.2, 0.25) is 0 Å². The molecule has 2 heterocycles. The number of methoxy groups -OCH3 is 1. The van der Waals surface area contributed by atoms with Crippen LogP contribution in [0.3, 0.4) is 0 Å². The second-order valence-electron chi connectivity index (χ2n) is 7.33. The third-order valence-electron chi connectivity index (χ3n) is 5.12. The Kier molecular flexibility index (Phi) is 6.09. The van der Waals surface area contributed by atoms with Crippen molar-refractivity contribution < 1.29 is 35.9 Å². The molecule has 2 aromatic heterocycles. The Morgan fingerprint density at radius 2 is 1.94 bits per heavy atom. The summed E-state index contributed by atoms with van der Waals surface area (Å²) < 4.78 is 88.1. The molecule has 0 aliphatic heterocycles. The Hall–Kier alpha value is -4.16. The van der Waals surface area contributed by atoms with Gasteiger partial charge in [0.2, 0.25) is 11.7 Å². The van der Waals surface area contributed by atoms with E-state index < -0.39 is 41.7 Å². The van der Waals surface area contributed by atoms with Crippen LogP contribution in [0.4, 0.5) is 32.2 Å². The van der Waals surface area contributed by atoms with Crippen molar-refractivity contribution in [3.63, 3.8) is 0 Å². The molecule has 0 spiro atoms. The zero-order chi connectivity index (χ0) is 25.5. The maximum atomic E-state index is 13.9. The molecule has 3 aromatic rings. The smallest absolute Gasteiger partial charge is 0.450 e. The molecule has 1 amide bonds. The molecule has 13 heteroatoms. The monoisotopic (exact) mass is 495 g/mol. The molecule has 182 valence electrons. The van der Waals surface area contributed by atoms with Gasteiger partial charge in [0.05, 0.1) is 30.5 Å². The topological polar surface area (TPSA) is 81.9 Å². The van der Waals surface area contributed by atoms with Crippen LogP contribution in [0.25, 0.3) is 22.6 Å². The molecule has 2 atom stereocenters. The van der Waals surface area contributed by atoms with E-state index in [0.29, 0.717) is 22.3 Å². The normalized spacial score (nSPS) is 18.1. The molecule has 0 radical (unpaired) electrons.